The van der Waals surface area contributed by atoms with Crippen LogP contribution in [0.15, 0.2) is 67.3 Å². The third kappa shape index (κ3) is 7.26. The van der Waals surface area contributed by atoms with E-state index in [0.717, 1.165) is 103 Å². The van der Waals surface area contributed by atoms with Crippen molar-refractivity contribution in [1.82, 2.24) is 38.9 Å². The number of piperazine rings is 2. The van der Waals surface area contributed by atoms with Crippen molar-refractivity contribution in [3.8, 4) is 0 Å². The number of nitrogens with zero attached hydrogens (tertiary/aromatic N) is 10. The highest BCUT2D eigenvalue weighted by molar-refractivity contribution is 5.83. The molecule has 0 bridgehead atoms. The second-order valence-corrected chi connectivity index (χ2v) is 17.2. The molecule has 0 radical (unpaired) electrons. The number of aryl methyl sites for hydroxylation is 2. The molecule has 6 aromatic rings. The standard InChI is InChI=1S/C46H54N12O2/c1-29-27-57(35-7-5-6-8-35)43-39(29)25-48-46(51-43)50-41-14-13-36(56-21-17-54(18-22-56)32(4)60)23-37(41)38-24-42(38)58-28-30(2)40-26-47-45(52-44(40)58)49-33-9-11-34(12-10-33)55-19-15-53(16-20-55)31(3)59/h9-14,23,25-28,35,38,42H,5-8,15-22,24H2,1-4H3,(H,47,49,52)(H,48,50,51). The van der Waals surface area contributed by atoms with Crippen molar-refractivity contribution in [2.24, 2.45) is 0 Å². The van der Waals surface area contributed by atoms with E-state index >= 15 is 0 Å². The van der Waals surface area contributed by atoms with Gasteiger partial charge < -0.3 is 39.4 Å². The largest absolute Gasteiger partial charge is 0.368 e. The van der Waals surface area contributed by atoms with E-state index in [1.807, 2.05) is 22.2 Å². The lowest BCUT2D eigenvalue weighted by Crippen LogP contribution is -2.48. The van der Waals surface area contributed by atoms with Gasteiger partial charge in [-0.3, -0.25) is 9.59 Å². The Morgan fingerprint density at radius 3 is 1.78 bits per heavy atom. The average Bonchev–Trinajstić information content (AvgIpc) is 3.52. The van der Waals surface area contributed by atoms with Crippen LogP contribution in [0.2, 0.25) is 0 Å². The number of benzene rings is 2. The molecule has 14 heteroatoms. The van der Waals surface area contributed by atoms with Crippen molar-refractivity contribution in [2.75, 3.05) is 72.8 Å². The van der Waals surface area contributed by atoms with Crippen molar-refractivity contribution >= 4 is 68.5 Å². The van der Waals surface area contributed by atoms with Crippen LogP contribution in [0.25, 0.3) is 22.1 Å². The van der Waals surface area contributed by atoms with Crippen molar-refractivity contribution in [3.63, 3.8) is 0 Å². The van der Waals surface area contributed by atoms with Gasteiger partial charge in [0.25, 0.3) is 0 Å². The monoisotopic (exact) mass is 806 g/mol. The van der Waals surface area contributed by atoms with Crippen LogP contribution >= 0.6 is 0 Å². The summed E-state index contributed by atoms with van der Waals surface area (Å²) in [5, 5.41) is 9.28. The Morgan fingerprint density at radius 1 is 0.650 bits per heavy atom. The zero-order valence-corrected chi connectivity index (χ0v) is 35.1. The molecule has 14 nitrogen and oxygen atoms in total. The molecule has 310 valence electrons. The van der Waals surface area contributed by atoms with Gasteiger partial charge in [0.15, 0.2) is 0 Å². The van der Waals surface area contributed by atoms with E-state index in [9.17, 15) is 9.59 Å². The molecule has 6 heterocycles. The van der Waals surface area contributed by atoms with Gasteiger partial charge >= 0.3 is 0 Å². The van der Waals surface area contributed by atoms with Crippen LogP contribution in [0, 0.1) is 13.8 Å². The van der Waals surface area contributed by atoms with Gasteiger partial charge in [0, 0.05) is 143 Å². The molecule has 2 unspecified atom stereocenters. The highest BCUT2D eigenvalue weighted by atomic mass is 16.2. The summed E-state index contributed by atoms with van der Waals surface area (Å²) >= 11 is 0. The zero-order valence-electron chi connectivity index (χ0n) is 35.1. The SMILES string of the molecule is CC(=O)N1CCN(c2ccc(Nc3ncc4c(C)cn(C5CC5c5cc(N6CCN(C(C)=O)CC6)ccc5Nc5ncc6c(C)cn(C7CCCC7)c6n5)c4n3)cc2)CC1. The van der Waals surface area contributed by atoms with Crippen LogP contribution in [0.5, 0.6) is 0 Å². The first-order chi connectivity index (χ1) is 29.2. The number of carbonyl (C=O) groups excluding carboxylic acids is 2. The van der Waals surface area contributed by atoms with Crippen molar-refractivity contribution < 1.29 is 9.59 Å². The number of amides is 2. The van der Waals surface area contributed by atoms with Crippen molar-refractivity contribution in [1.29, 1.82) is 0 Å². The first-order valence-corrected chi connectivity index (χ1v) is 21.6. The Bertz CT molecular complexity index is 2580. The molecule has 2 aromatic carbocycles. The van der Waals surface area contributed by atoms with E-state index in [2.05, 4.69) is 98.3 Å². The fourth-order valence-corrected chi connectivity index (χ4v) is 9.76. The second kappa shape index (κ2) is 15.4. The maximum absolute atomic E-state index is 12.1. The minimum absolute atomic E-state index is 0.133. The molecule has 0 spiro atoms. The van der Waals surface area contributed by atoms with E-state index in [0.29, 0.717) is 17.9 Å². The highest BCUT2D eigenvalue weighted by Crippen LogP contribution is 2.55. The number of rotatable bonds is 9. The molecule has 2 saturated carbocycles. The molecule has 2 saturated heterocycles. The number of hydrogen-bond donors (Lipinski definition) is 2. The van der Waals surface area contributed by atoms with Gasteiger partial charge in [-0.1, -0.05) is 12.8 Å². The zero-order chi connectivity index (χ0) is 41.1. The Labute approximate surface area is 350 Å². The lowest BCUT2D eigenvalue weighted by molar-refractivity contribution is -0.129. The summed E-state index contributed by atoms with van der Waals surface area (Å²) in [5.41, 5.74) is 9.74. The molecule has 10 rings (SSSR count). The third-order valence-corrected chi connectivity index (χ3v) is 13.4. The molecule has 4 fully saturated rings. The summed E-state index contributed by atoms with van der Waals surface area (Å²) < 4.78 is 4.72. The van der Waals surface area contributed by atoms with Crippen LogP contribution in [-0.2, 0) is 9.59 Å². The number of anilines is 6. The predicted octanol–water partition coefficient (Wildman–Crippen LogP) is 7.46. The van der Waals surface area contributed by atoms with Gasteiger partial charge in [0.05, 0.1) is 0 Å². The van der Waals surface area contributed by atoms with E-state index in [1.54, 1.807) is 13.8 Å². The fourth-order valence-electron chi connectivity index (χ4n) is 9.76. The van der Waals surface area contributed by atoms with Crippen LogP contribution < -0.4 is 20.4 Å². The number of nitrogens with one attached hydrogen (secondary N) is 2. The van der Waals surface area contributed by atoms with Gasteiger partial charge in [-0.25, -0.2) is 9.97 Å². The molecule has 60 heavy (non-hydrogen) atoms. The Kier molecular flexibility index (Phi) is 9.80. The van der Waals surface area contributed by atoms with Crippen molar-refractivity contribution in [2.45, 2.75) is 77.8 Å². The van der Waals surface area contributed by atoms with Gasteiger partial charge in [-0.2, -0.15) is 9.97 Å². The van der Waals surface area contributed by atoms with Crippen LogP contribution in [-0.4, -0.2) is 103 Å². The number of carbonyl (C=O) groups is 2. The Morgan fingerprint density at radius 2 is 1.18 bits per heavy atom. The molecule has 2 atom stereocenters. The van der Waals surface area contributed by atoms with E-state index in [1.165, 1.54) is 42.5 Å². The van der Waals surface area contributed by atoms with Crippen molar-refractivity contribution in [3.05, 3.63) is 83.9 Å². The molecule has 4 aromatic heterocycles. The summed E-state index contributed by atoms with van der Waals surface area (Å²) in [7, 11) is 0. The molecular formula is C46H54N12O2. The quantitative estimate of drug-likeness (QED) is 0.152. The maximum atomic E-state index is 12.1. The summed E-state index contributed by atoms with van der Waals surface area (Å²) in [5.74, 6) is 1.67. The van der Waals surface area contributed by atoms with Crippen LogP contribution in [0.1, 0.15) is 80.6 Å². The van der Waals surface area contributed by atoms with Crippen LogP contribution in [0.3, 0.4) is 0 Å². The smallest absolute Gasteiger partial charge is 0.229 e. The minimum Gasteiger partial charge on any atom is -0.368 e. The predicted molar refractivity (Wildman–Crippen MR) is 237 cm³/mol. The fraction of sp³-hybridized carbons (Fsp3) is 0.435. The molecule has 2 amide bonds. The number of aromatic nitrogens is 6. The molecule has 2 aliphatic heterocycles. The van der Waals surface area contributed by atoms with Gasteiger partial charge in [0.2, 0.25) is 23.7 Å². The van der Waals surface area contributed by atoms with E-state index < -0.39 is 0 Å². The normalized spacial score (nSPS) is 19.7. The molecule has 2 aliphatic carbocycles. The highest BCUT2D eigenvalue weighted by Gasteiger charge is 2.43. The topological polar surface area (TPSA) is 133 Å². The minimum atomic E-state index is 0.133. The first-order valence-electron chi connectivity index (χ1n) is 21.6. The summed E-state index contributed by atoms with van der Waals surface area (Å²) in [4.78, 5) is 52.3. The Balaban J connectivity index is 0.921. The van der Waals surface area contributed by atoms with Gasteiger partial charge in [0.1, 0.15) is 11.3 Å². The lowest BCUT2D eigenvalue weighted by atomic mass is 10.1. The lowest BCUT2D eigenvalue weighted by Gasteiger charge is -2.36. The number of fused-ring (bicyclic) bond motifs is 2. The van der Waals surface area contributed by atoms with Crippen LogP contribution in [0.4, 0.5) is 34.6 Å². The summed E-state index contributed by atoms with van der Waals surface area (Å²) in [6, 6.07) is 15.8. The van der Waals surface area contributed by atoms with Gasteiger partial charge in [-0.15, -0.1) is 0 Å². The maximum Gasteiger partial charge on any atom is 0.229 e. The molecule has 2 N–H and O–H groups in total. The Hall–Kier alpha value is -6.18. The number of hydrogen-bond acceptors (Lipinski definition) is 10. The van der Waals surface area contributed by atoms with Gasteiger partial charge in [-0.05, 0) is 92.3 Å². The summed E-state index contributed by atoms with van der Waals surface area (Å²) in [6.07, 6.45) is 14.3. The first kappa shape index (κ1) is 38.0. The molecular weight excluding hydrogens is 753 g/mol. The molecule has 4 aliphatic rings. The third-order valence-electron chi connectivity index (χ3n) is 13.4. The van der Waals surface area contributed by atoms with E-state index in [-0.39, 0.29) is 23.8 Å². The second-order valence-electron chi connectivity index (χ2n) is 17.2. The summed E-state index contributed by atoms with van der Waals surface area (Å²) in [6.45, 7) is 13.7. The van der Waals surface area contributed by atoms with E-state index in [4.69, 9.17) is 19.9 Å². The average molecular weight is 807 g/mol.